The predicted octanol–water partition coefficient (Wildman–Crippen LogP) is 2.80. The molecule has 0 bridgehead atoms. The third-order valence-electron chi connectivity index (χ3n) is 5.34. The lowest BCUT2D eigenvalue weighted by atomic mass is 9.84. The zero-order valence-corrected chi connectivity index (χ0v) is 15.0. The molecule has 1 aromatic heterocycles. The summed E-state index contributed by atoms with van der Waals surface area (Å²) >= 11 is 0. The molecule has 24 heavy (non-hydrogen) atoms. The Morgan fingerprint density at radius 1 is 1.21 bits per heavy atom. The van der Waals surface area contributed by atoms with E-state index in [1.807, 2.05) is 32.6 Å². The van der Waals surface area contributed by atoms with Crippen LogP contribution in [-0.4, -0.2) is 51.4 Å². The van der Waals surface area contributed by atoms with E-state index in [1.165, 1.54) is 0 Å². The number of carbonyl (C=O) groups excluding carboxylic acids is 2. The van der Waals surface area contributed by atoms with Crippen LogP contribution in [0.5, 0.6) is 0 Å². The molecule has 0 radical (unpaired) electrons. The lowest BCUT2D eigenvalue weighted by Gasteiger charge is -2.45. The van der Waals surface area contributed by atoms with Gasteiger partial charge in [-0.3, -0.25) is 9.59 Å². The highest BCUT2D eigenvalue weighted by Crippen LogP contribution is 2.39. The quantitative estimate of drug-likeness (QED) is 0.853. The summed E-state index contributed by atoms with van der Waals surface area (Å²) in [7, 11) is 0. The van der Waals surface area contributed by atoms with Crippen LogP contribution in [-0.2, 0) is 4.79 Å². The van der Waals surface area contributed by atoms with Gasteiger partial charge in [0.05, 0.1) is 5.69 Å². The van der Waals surface area contributed by atoms with Gasteiger partial charge in [0, 0.05) is 25.2 Å². The molecule has 3 heterocycles. The maximum Gasteiger partial charge on any atom is 0.293 e. The van der Waals surface area contributed by atoms with Gasteiger partial charge < -0.3 is 14.3 Å². The van der Waals surface area contributed by atoms with Crippen LogP contribution in [0.15, 0.2) is 10.6 Å². The number of rotatable bonds is 3. The van der Waals surface area contributed by atoms with Crippen molar-refractivity contribution in [3.05, 3.63) is 17.5 Å². The minimum absolute atomic E-state index is 0.0956. The molecule has 132 valence electrons. The molecule has 2 amide bonds. The Hall–Kier alpha value is -1.85. The van der Waals surface area contributed by atoms with Crippen molar-refractivity contribution < 1.29 is 14.1 Å². The minimum atomic E-state index is -0.690. The molecule has 1 unspecified atom stereocenters. The Morgan fingerprint density at radius 2 is 1.88 bits per heavy atom. The number of amides is 2. The molecule has 0 aromatic carbocycles. The van der Waals surface area contributed by atoms with Crippen LogP contribution in [0.2, 0.25) is 0 Å². The van der Waals surface area contributed by atoms with Crippen molar-refractivity contribution in [2.45, 2.75) is 70.9 Å². The highest BCUT2D eigenvalue weighted by atomic mass is 16.5. The first-order chi connectivity index (χ1) is 11.4. The van der Waals surface area contributed by atoms with Gasteiger partial charge in [0.2, 0.25) is 11.7 Å². The van der Waals surface area contributed by atoms with Gasteiger partial charge in [-0.15, -0.1) is 0 Å². The molecule has 1 atom stereocenters. The normalized spacial score (nSPS) is 24.7. The van der Waals surface area contributed by atoms with Crippen LogP contribution in [0, 0.1) is 0 Å². The molecule has 2 fully saturated rings. The molecule has 3 rings (SSSR count). The SMILES string of the molecule is CC(C)c1cc(C(=O)N2CCCC23CCCN(C(C)C)C3=O)on1. The van der Waals surface area contributed by atoms with E-state index in [9.17, 15) is 9.59 Å². The van der Waals surface area contributed by atoms with Crippen molar-refractivity contribution >= 4 is 11.8 Å². The molecule has 0 N–H and O–H groups in total. The lowest BCUT2D eigenvalue weighted by Crippen LogP contribution is -2.62. The van der Waals surface area contributed by atoms with Crippen molar-refractivity contribution in [3.8, 4) is 0 Å². The number of nitrogens with zero attached hydrogens (tertiary/aromatic N) is 3. The summed E-state index contributed by atoms with van der Waals surface area (Å²) in [6.45, 7) is 9.46. The number of hydrogen-bond donors (Lipinski definition) is 0. The summed E-state index contributed by atoms with van der Waals surface area (Å²) in [6.07, 6.45) is 3.27. The molecule has 1 spiro atoms. The van der Waals surface area contributed by atoms with E-state index in [1.54, 1.807) is 11.0 Å². The Labute approximate surface area is 143 Å². The van der Waals surface area contributed by atoms with Crippen LogP contribution in [0.1, 0.15) is 75.5 Å². The molecule has 6 heteroatoms. The van der Waals surface area contributed by atoms with E-state index < -0.39 is 5.54 Å². The number of aromatic nitrogens is 1. The van der Waals surface area contributed by atoms with Gasteiger partial charge >= 0.3 is 0 Å². The maximum atomic E-state index is 13.1. The van der Waals surface area contributed by atoms with Crippen LogP contribution in [0.3, 0.4) is 0 Å². The minimum Gasteiger partial charge on any atom is -0.351 e. The van der Waals surface area contributed by atoms with E-state index in [-0.39, 0.29) is 29.5 Å². The Kier molecular flexibility index (Phi) is 4.40. The summed E-state index contributed by atoms with van der Waals surface area (Å²) < 4.78 is 5.28. The third-order valence-corrected chi connectivity index (χ3v) is 5.34. The van der Waals surface area contributed by atoms with Crippen LogP contribution in [0.4, 0.5) is 0 Å². The zero-order chi connectivity index (χ0) is 17.5. The van der Waals surface area contributed by atoms with Gasteiger partial charge in [0.1, 0.15) is 5.54 Å². The first-order valence-electron chi connectivity index (χ1n) is 8.96. The lowest BCUT2D eigenvalue weighted by molar-refractivity contribution is -0.147. The van der Waals surface area contributed by atoms with E-state index in [4.69, 9.17) is 4.52 Å². The fourth-order valence-electron chi connectivity index (χ4n) is 3.96. The molecule has 6 nitrogen and oxygen atoms in total. The Morgan fingerprint density at radius 3 is 2.46 bits per heavy atom. The second-order valence-electron chi connectivity index (χ2n) is 7.56. The monoisotopic (exact) mass is 333 g/mol. The van der Waals surface area contributed by atoms with E-state index >= 15 is 0 Å². The topological polar surface area (TPSA) is 66.7 Å². The number of carbonyl (C=O) groups is 2. The van der Waals surface area contributed by atoms with Gasteiger partial charge in [-0.1, -0.05) is 19.0 Å². The van der Waals surface area contributed by atoms with E-state index in [2.05, 4.69) is 5.16 Å². The van der Waals surface area contributed by atoms with Crippen LogP contribution in [0.25, 0.3) is 0 Å². The molecule has 1 aromatic rings. The highest BCUT2D eigenvalue weighted by molar-refractivity contribution is 5.98. The molecule has 2 aliphatic rings. The van der Waals surface area contributed by atoms with Crippen molar-refractivity contribution in [2.24, 2.45) is 0 Å². The second kappa shape index (κ2) is 6.22. The number of likely N-dealkylation sites (tertiary alicyclic amines) is 2. The van der Waals surface area contributed by atoms with E-state index in [0.29, 0.717) is 6.54 Å². The predicted molar refractivity (Wildman–Crippen MR) is 89.7 cm³/mol. The van der Waals surface area contributed by atoms with Gasteiger partial charge in [0.15, 0.2) is 0 Å². The van der Waals surface area contributed by atoms with Crippen molar-refractivity contribution in [3.63, 3.8) is 0 Å². The smallest absolute Gasteiger partial charge is 0.293 e. The van der Waals surface area contributed by atoms with Crippen molar-refractivity contribution in [2.75, 3.05) is 13.1 Å². The molecular formula is C18H27N3O3. The molecule has 2 aliphatic heterocycles. The maximum absolute atomic E-state index is 13.1. The first kappa shape index (κ1) is 17.0. The van der Waals surface area contributed by atoms with Gasteiger partial charge in [0.25, 0.3) is 5.91 Å². The van der Waals surface area contributed by atoms with Crippen molar-refractivity contribution in [1.29, 1.82) is 0 Å². The second-order valence-corrected chi connectivity index (χ2v) is 7.56. The largest absolute Gasteiger partial charge is 0.351 e. The average Bonchev–Trinajstić information content (AvgIpc) is 3.17. The van der Waals surface area contributed by atoms with Gasteiger partial charge in [-0.25, -0.2) is 0 Å². The fourth-order valence-corrected chi connectivity index (χ4v) is 3.96. The number of piperidine rings is 1. The van der Waals surface area contributed by atoms with Gasteiger partial charge in [-0.05, 0) is 45.4 Å². The Bertz CT molecular complexity index is 637. The average molecular weight is 333 g/mol. The standard InChI is InChI=1S/C18H27N3O3/c1-12(2)14-11-15(24-19-14)16(22)21-10-6-8-18(21)7-5-9-20(13(3)4)17(18)23/h11-13H,5-10H2,1-4H3. The summed E-state index contributed by atoms with van der Waals surface area (Å²) in [5.41, 5.74) is 0.0788. The summed E-state index contributed by atoms with van der Waals surface area (Å²) in [4.78, 5) is 29.8. The first-order valence-corrected chi connectivity index (χ1v) is 8.96. The van der Waals surface area contributed by atoms with Crippen molar-refractivity contribution in [1.82, 2.24) is 15.0 Å². The molecule has 0 saturated carbocycles. The fraction of sp³-hybridized carbons (Fsp3) is 0.722. The summed E-state index contributed by atoms with van der Waals surface area (Å²) in [5.74, 6) is 0.342. The highest BCUT2D eigenvalue weighted by Gasteiger charge is 2.53. The third kappa shape index (κ3) is 2.62. The molecule has 0 aliphatic carbocycles. The van der Waals surface area contributed by atoms with Crippen LogP contribution >= 0.6 is 0 Å². The number of hydrogen-bond acceptors (Lipinski definition) is 4. The molecular weight excluding hydrogens is 306 g/mol. The molecule has 2 saturated heterocycles. The van der Waals surface area contributed by atoms with E-state index in [0.717, 1.165) is 37.9 Å². The summed E-state index contributed by atoms with van der Waals surface area (Å²) in [5, 5.41) is 3.99. The van der Waals surface area contributed by atoms with Crippen LogP contribution < -0.4 is 0 Å². The summed E-state index contributed by atoms with van der Waals surface area (Å²) in [6, 6.07) is 1.87. The Balaban J connectivity index is 1.89. The zero-order valence-electron chi connectivity index (χ0n) is 15.0. The van der Waals surface area contributed by atoms with Gasteiger partial charge in [-0.2, -0.15) is 0 Å².